The van der Waals surface area contributed by atoms with Gasteiger partial charge >= 0.3 is 5.97 Å². The van der Waals surface area contributed by atoms with Crippen LogP contribution in [0, 0.1) is 16.6 Å². The number of aromatic carboxylic acids is 1. The van der Waals surface area contributed by atoms with E-state index in [4.69, 9.17) is 19.5 Å². The predicted molar refractivity (Wildman–Crippen MR) is 176 cm³/mol. The lowest BCUT2D eigenvalue weighted by Crippen LogP contribution is -2.32. The fraction of sp³-hybridized carbons (Fsp3) is 0.471. The summed E-state index contributed by atoms with van der Waals surface area (Å²) in [6.07, 6.45) is 2.77. The summed E-state index contributed by atoms with van der Waals surface area (Å²) in [5, 5.41) is 20.5. The van der Waals surface area contributed by atoms with Gasteiger partial charge in [0, 0.05) is 56.0 Å². The van der Waals surface area contributed by atoms with Crippen molar-refractivity contribution in [3.63, 3.8) is 0 Å². The maximum absolute atomic E-state index is 11.9. The molecule has 0 amide bonds. The van der Waals surface area contributed by atoms with Crippen LogP contribution in [-0.4, -0.2) is 96.7 Å². The molecule has 0 saturated carbocycles. The highest BCUT2D eigenvalue weighted by molar-refractivity contribution is 8.03. The molecule has 0 spiro atoms. The SMILES string of the molecule is N#CSc1ccc(CC2CCCN(Cc3cccc(=O)[nH]3)CCOCCOCCN(Cc3cccc(C(=O)O)n3)CCOC2)cc1. The number of hydrogen-bond donors (Lipinski definition) is 2. The number of carboxylic acid groups (broad SMARTS) is 1. The van der Waals surface area contributed by atoms with Gasteiger partial charge in [-0.25, -0.2) is 9.78 Å². The van der Waals surface area contributed by atoms with Crippen molar-refractivity contribution in [3.8, 4) is 5.40 Å². The number of carboxylic acids is 1. The molecular weight excluding hydrogens is 606 g/mol. The smallest absolute Gasteiger partial charge is 0.354 e. The zero-order chi connectivity index (χ0) is 32.4. The van der Waals surface area contributed by atoms with Crippen LogP contribution in [0.2, 0.25) is 0 Å². The monoisotopic (exact) mass is 649 g/mol. The Hall–Kier alpha value is -3.57. The molecule has 1 atom stereocenters. The molecule has 3 aromatic rings. The molecule has 1 saturated heterocycles. The van der Waals surface area contributed by atoms with Gasteiger partial charge in [0.15, 0.2) is 0 Å². The molecule has 1 fully saturated rings. The molecule has 46 heavy (non-hydrogen) atoms. The summed E-state index contributed by atoms with van der Waals surface area (Å²) >= 11 is 1.16. The van der Waals surface area contributed by atoms with Crippen molar-refractivity contribution >= 4 is 17.7 Å². The lowest BCUT2D eigenvalue weighted by atomic mass is 9.95. The molecule has 0 bridgehead atoms. The lowest BCUT2D eigenvalue weighted by Gasteiger charge is -2.25. The number of nitrogens with zero attached hydrogens (tertiary/aromatic N) is 4. The van der Waals surface area contributed by atoms with Crippen LogP contribution >= 0.6 is 11.8 Å². The Morgan fingerprint density at radius 2 is 1.61 bits per heavy atom. The number of pyridine rings is 2. The van der Waals surface area contributed by atoms with Crippen molar-refractivity contribution in [1.29, 1.82) is 5.26 Å². The summed E-state index contributed by atoms with van der Waals surface area (Å²) in [6, 6.07) is 18.4. The van der Waals surface area contributed by atoms with Crippen molar-refractivity contribution in [1.82, 2.24) is 19.8 Å². The van der Waals surface area contributed by atoms with E-state index in [9.17, 15) is 14.7 Å². The average molecular weight is 650 g/mol. The van der Waals surface area contributed by atoms with E-state index in [1.54, 1.807) is 12.1 Å². The van der Waals surface area contributed by atoms with Crippen molar-refractivity contribution in [3.05, 3.63) is 93.7 Å². The fourth-order valence-electron chi connectivity index (χ4n) is 5.36. The molecule has 3 heterocycles. The van der Waals surface area contributed by atoms with Crippen LogP contribution in [0.3, 0.4) is 0 Å². The van der Waals surface area contributed by atoms with Gasteiger partial charge in [0.25, 0.3) is 0 Å². The van der Waals surface area contributed by atoms with E-state index in [0.29, 0.717) is 71.5 Å². The van der Waals surface area contributed by atoms with Gasteiger partial charge in [0.2, 0.25) is 5.56 Å². The normalized spacial score (nSPS) is 18.6. The predicted octanol–water partition coefficient (Wildman–Crippen LogP) is 4.05. The first-order chi connectivity index (χ1) is 22.5. The molecule has 246 valence electrons. The summed E-state index contributed by atoms with van der Waals surface area (Å²) < 4.78 is 18.0. The molecule has 2 N–H and O–H groups in total. The fourth-order valence-corrected chi connectivity index (χ4v) is 5.74. The van der Waals surface area contributed by atoms with Crippen LogP contribution in [0.15, 0.2) is 70.4 Å². The van der Waals surface area contributed by atoms with Gasteiger partial charge in [0.1, 0.15) is 11.1 Å². The summed E-state index contributed by atoms with van der Waals surface area (Å²) in [7, 11) is 0. The molecule has 12 heteroatoms. The van der Waals surface area contributed by atoms with E-state index in [1.807, 2.05) is 24.3 Å². The number of thioether (sulfide) groups is 1. The molecule has 1 aliphatic heterocycles. The summed E-state index contributed by atoms with van der Waals surface area (Å²) in [4.78, 5) is 35.9. The number of ether oxygens (including phenoxy) is 3. The maximum Gasteiger partial charge on any atom is 0.354 e. The third kappa shape index (κ3) is 13.0. The van der Waals surface area contributed by atoms with Gasteiger partial charge in [-0.15, -0.1) is 0 Å². The molecule has 0 radical (unpaired) electrons. The first-order valence-corrected chi connectivity index (χ1v) is 16.5. The van der Waals surface area contributed by atoms with Crippen molar-refractivity contribution < 1.29 is 24.1 Å². The number of nitriles is 1. The Labute approximate surface area is 274 Å². The summed E-state index contributed by atoms with van der Waals surface area (Å²) in [6.45, 7) is 7.11. The number of nitrogens with one attached hydrogen (secondary N) is 1. The van der Waals surface area contributed by atoms with E-state index in [1.165, 1.54) is 17.7 Å². The molecule has 2 aromatic heterocycles. The van der Waals surface area contributed by atoms with Gasteiger partial charge in [-0.2, -0.15) is 5.26 Å². The maximum atomic E-state index is 11.9. The van der Waals surface area contributed by atoms with Crippen LogP contribution in [-0.2, 0) is 33.7 Å². The third-order valence-corrected chi connectivity index (χ3v) is 8.31. The Morgan fingerprint density at radius 3 is 2.30 bits per heavy atom. The minimum atomic E-state index is -1.05. The Bertz CT molecular complexity index is 1450. The minimum absolute atomic E-state index is 0.0289. The molecule has 1 unspecified atom stereocenters. The molecule has 0 aliphatic carbocycles. The highest BCUT2D eigenvalue weighted by Crippen LogP contribution is 2.21. The number of rotatable bonds is 8. The molecule has 1 aromatic carbocycles. The zero-order valence-corrected chi connectivity index (χ0v) is 27.0. The van der Waals surface area contributed by atoms with Crippen LogP contribution in [0.1, 0.15) is 40.3 Å². The second-order valence-electron chi connectivity index (χ2n) is 11.3. The number of carbonyl (C=O) groups is 1. The highest BCUT2D eigenvalue weighted by atomic mass is 32.2. The highest BCUT2D eigenvalue weighted by Gasteiger charge is 2.15. The molecule has 1 aliphatic rings. The largest absolute Gasteiger partial charge is 0.477 e. The average Bonchev–Trinajstić information content (AvgIpc) is 3.04. The molecule has 4 rings (SSSR count). The van der Waals surface area contributed by atoms with Crippen LogP contribution in [0.25, 0.3) is 0 Å². The quantitative estimate of drug-likeness (QED) is 0.270. The molecular formula is C34H43N5O6S. The first kappa shape index (κ1) is 35.3. The van der Waals surface area contributed by atoms with E-state index < -0.39 is 5.97 Å². The number of aromatic nitrogens is 2. The summed E-state index contributed by atoms with van der Waals surface area (Å²) in [5.74, 6) is -0.760. The van der Waals surface area contributed by atoms with E-state index in [-0.39, 0.29) is 17.2 Å². The van der Waals surface area contributed by atoms with Crippen LogP contribution < -0.4 is 5.56 Å². The second-order valence-corrected chi connectivity index (χ2v) is 12.1. The standard InChI is InChI=1S/C34H43N5O6S/c35-26-46-31-11-9-27(10-12-31)22-28-4-3-13-38(24-30-6-2-8-33(40)37-30)14-17-43-20-21-44-18-15-39(16-19-45-25-28)23-29-5-1-7-32(36-29)34(41)42/h1-2,5-12,28H,3-4,13-25H2,(H,37,40)(H,41,42). The van der Waals surface area contributed by atoms with Gasteiger partial charge in [-0.05, 0) is 79.4 Å². The van der Waals surface area contributed by atoms with E-state index in [0.717, 1.165) is 54.7 Å². The Kier molecular flexibility index (Phi) is 15.2. The second kappa shape index (κ2) is 19.8. The number of aromatic amines is 1. The first-order valence-electron chi connectivity index (χ1n) is 15.7. The van der Waals surface area contributed by atoms with E-state index in [2.05, 4.69) is 37.3 Å². The molecule has 11 nitrogen and oxygen atoms in total. The van der Waals surface area contributed by atoms with Gasteiger partial charge < -0.3 is 24.3 Å². The van der Waals surface area contributed by atoms with Crippen molar-refractivity contribution in [2.75, 3.05) is 65.8 Å². The van der Waals surface area contributed by atoms with Crippen LogP contribution in [0.4, 0.5) is 0 Å². The third-order valence-electron chi connectivity index (χ3n) is 7.71. The van der Waals surface area contributed by atoms with E-state index >= 15 is 0 Å². The Morgan fingerprint density at radius 1 is 0.913 bits per heavy atom. The number of thiocyanates is 1. The number of hydrogen-bond acceptors (Lipinski definition) is 10. The summed E-state index contributed by atoms with van der Waals surface area (Å²) in [5.41, 5.74) is 2.69. The van der Waals surface area contributed by atoms with Gasteiger partial charge in [0.05, 0.1) is 38.7 Å². The number of benzene rings is 1. The minimum Gasteiger partial charge on any atom is -0.477 e. The zero-order valence-electron chi connectivity index (χ0n) is 26.1. The van der Waals surface area contributed by atoms with Gasteiger partial charge in [-0.1, -0.05) is 24.3 Å². The van der Waals surface area contributed by atoms with Crippen LogP contribution in [0.5, 0.6) is 0 Å². The Balaban J connectivity index is 1.41. The lowest BCUT2D eigenvalue weighted by molar-refractivity contribution is 0.0212. The van der Waals surface area contributed by atoms with Crippen molar-refractivity contribution in [2.45, 2.75) is 37.2 Å². The van der Waals surface area contributed by atoms with Gasteiger partial charge in [-0.3, -0.25) is 14.6 Å². The van der Waals surface area contributed by atoms with Crippen molar-refractivity contribution in [2.24, 2.45) is 5.92 Å². The topological polar surface area (TPSA) is 141 Å². The number of H-pyrrole nitrogens is 1.